The van der Waals surface area contributed by atoms with Crippen molar-refractivity contribution < 1.29 is 23.4 Å². The molecule has 1 saturated heterocycles. The molecule has 8 rings (SSSR count). The highest BCUT2D eigenvalue weighted by Gasteiger charge is 2.50. The maximum atomic E-state index is 14.4. The standard InChI is InChI=1S/C34H34FN5O4/c1-36-24-5-3-23(26(35)18-24)21-44-32-37-15-7-29(39-32)34-12-9-33(10-13-34,11-14-34)19-30-38-27-6-4-22(31(41)42-2)17-28(27)40(30)20-25-8-16-43-25/h3-7,15,17-18,25H,8-14,16,19-21H2,2H3/t25-,33?,34?/m0/s1. The van der Waals surface area contributed by atoms with Crippen molar-refractivity contribution in [3.05, 3.63) is 88.5 Å². The number of aromatic nitrogens is 4. The smallest absolute Gasteiger partial charge is 0.337 e. The molecule has 1 aliphatic heterocycles. The molecule has 1 atom stereocenters. The molecule has 4 aromatic rings. The van der Waals surface area contributed by atoms with Crippen molar-refractivity contribution in [1.29, 1.82) is 0 Å². The second kappa shape index (κ2) is 11.3. The molecular weight excluding hydrogens is 561 g/mol. The molecule has 0 unspecified atom stereocenters. The fourth-order valence-corrected chi connectivity index (χ4v) is 7.21. The Morgan fingerprint density at radius 2 is 1.91 bits per heavy atom. The number of ether oxygens (including phenoxy) is 3. The summed E-state index contributed by atoms with van der Waals surface area (Å²) in [5.41, 5.74) is 4.11. The zero-order valence-electron chi connectivity index (χ0n) is 24.7. The van der Waals surface area contributed by atoms with E-state index in [0.717, 1.165) is 87.1 Å². The zero-order chi connectivity index (χ0) is 30.3. The molecule has 3 saturated carbocycles. The van der Waals surface area contributed by atoms with Crippen molar-refractivity contribution in [2.75, 3.05) is 13.7 Å². The number of carbonyl (C=O) groups is 1. The highest BCUT2D eigenvalue weighted by molar-refractivity contribution is 5.93. The zero-order valence-corrected chi connectivity index (χ0v) is 24.7. The lowest BCUT2D eigenvalue weighted by atomic mass is 9.52. The minimum absolute atomic E-state index is 0.00228. The summed E-state index contributed by atoms with van der Waals surface area (Å²) in [6.07, 6.45) is 10.1. The molecule has 2 aromatic carbocycles. The van der Waals surface area contributed by atoms with Crippen LogP contribution in [0.25, 0.3) is 15.9 Å². The van der Waals surface area contributed by atoms with Crippen LogP contribution in [0.15, 0.2) is 48.7 Å². The van der Waals surface area contributed by atoms with E-state index in [0.29, 0.717) is 11.1 Å². The monoisotopic (exact) mass is 595 g/mol. The molecule has 0 radical (unpaired) electrons. The van der Waals surface area contributed by atoms with Crippen LogP contribution in [0, 0.1) is 17.8 Å². The maximum absolute atomic E-state index is 14.4. The Balaban J connectivity index is 1.08. The normalized spacial score (nSPS) is 24.1. The number of hydrogen-bond acceptors (Lipinski definition) is 7. The predicted molar refractivity (Wildman–Crippen MR) is 160 cm³/mol. The number of esters is 1. The number of imidazole rings is 1. The molecule has 3 aliphatic carbocycles. The minimum atomic E-state index is -0.471. The Kier molecular flexibility index (Phi) is 7.29. The van der Waals surface area contributed by atoms with Gasteiger partial charge in [-0.3, -0.25) is 0 Å². The predicted octanol–water partition coefficient (Wildman–Crippen LogP) is 6.51. The van der Waals surface area contributed by atoms with Gasteiger partial charge in [-0.25, -0.2) is 24.0 Å². The lowest BCUT2D eigenvalue weighted by Gasteiger charge is -2.53. The van der Waals surface area contributed by atoms with Crippen molar-refractivity contribution in [3.8, 4) is 6.01 Å². The number of halogens is 1. The van der Waals surface area contributed by atoms with Gasteiger partial charge in [0.05, 0.1) is 48.6 Å². The molecule has 0 amide bonds. The Morgan fingerprint density at radius 3 is 2.59 bits per heavy atom. The molecule has 2 bridgehead atoms. The van der Waals surface area contributed by atoms with Gasteiger partial charge < -0.3 is 18.8 Å². The van der Waals surface area contributed by atoms with E-state index >= 15 is 0 Å². The van der Waals surface area contributed by atoms with E-state index in [-0.39, 0.29) is 41.2 Å². The van der Waals surface area contributed by atoms with E-state index in [4.69, 9.17) is 30.8 Å². The highest BCUT2D eigenvalue weighted by atomic mass is 19.1. The van der Waals surface area contributed by atoms with Crippen LogP contribution < -0.4 is 4.74 Å². The molecule has 10 heteroatoms. The molecule has 0 N–H and O–H groups in total. The highest BCUT2D eigenvalue weighted by Crippen LogP contribution is 2.58. The van der Waals surface area contributed by atoms with Crippen molar-refractivity contribution in [3.63, 3.8) is 0 Å². The van der Waals surface area contributed by atoms with Crippen LogP contribution in [0.3, 0.4) is 0 Å². The Hall–Kier alpha value is -4.36. The third kappa shape index (κ3) is 5.19. The van der Waals surface area contributed by atoms with Crippen molar-refractivity contribution in [2.24, 2.45) is 5.41 Å². The second-order valence-corrected chi connectivity index (χ2v) is 12.5. The summed E-state index contributed by atoms with van der Waals surface area (Å²) >= 11 is 0. The van der Waals surface area contributed by atoms with Crippen LogP contribution in [0.1, 0.15) is 72.4 Å². The van der Waals surface area contributed by atoms with E-state index in [2.05, 4.69) is 14.4 Å². The van der Waals surface area contributed by atoms with E-state index in [9.17, 15) is 9.18 Å². The Morgan fingerprint density at radius 1 is 1.11 bits per heavy atom. The lowest BCUT2D eigenvalue weighted by Crippen LogP contribution is -2.46. The van der Waals surface area contributed by atoms with Crippen LogP contribution in [0.4, 0.5) is 10.1 Å². The number of rotatable bonds is 9. The quantitative estimate of drug-likeness (QED) is 0.161. The number of fused-ring (bicyclic) bond motifs is 4. The lowest BCUT2D eigenvalue weighted by molar-refractivity contribution is -0.0594. The molecule has 9 nitrogen and oxygen atoms in total. The number of nitrogens with zero attached hydrogens (tertiary/aromatic N) is 5. The third-order valence-electron chi connectivity index (χ3n) is 10.1. The van der Waals surface area contributed by atoms with Gasteiger partial charge in [-0.1, -0.05) is 12.1 Å². The molecule has 226 valence electrons. The number of carbonyl (C=O) groups excluding carboxylic acids is 1. The largest absolute Gasteiger partial charge is 0.465 e. The molecule has 3 heterocycles. The first kappa shape index (κ1) is 28.4. The van der Waals surface area contributed by atoms with Crippen LogP contribution in [-0.4, -0.2) is 45.3 Å². The first-order valence-corrected chi connectivity index (χ1v) is 15.2. The summed E-state index contributed by atoms with van der Waals surface area (Å²) in [6, 6.07) is 12.2. The third-order valence-corrected chi connectivity index (χ3v) is 10.1. The van der Waals surface area contributed by atoms with Gasteiger partial charge in [-0.2, -0.15) is 4.98 Å². The average molecular weight is 596 g/mol. The summed E-state index contributed by atoms with van der Waals surface area (Å²) < 4.78 is 33.2. The van der Waals surface area contributed by atoms with Gasteiger partial charge in [0, 0.05) is 30.2 Å². The van der Waals surface area contributed by atoms with Crippen molar-refractivity contribution in [1.82, 2.24) is 19.5 Å². The van der Waals surface area contributed by atoms with Gasteiger partial charge in [0.15, 0.2) is 5.69 Å². The maximum Gasteiger partial charge on any atom is 0.337 e. The van der Waals surface area contributed by atoms with E-state index in [1.54, 1.807) is 24.4 Å². The molecular formula is C34H34FN5O4. The van der Waals surface area contributed by atoms with Crippen molar-refractivity contribution in [2.45, 2.75) is 76.0 Å². The van der Waals surface area contributed by atoms with Crippen LogP contribution in [0.2, 0.25) is 0 Å². The average Bonchev–Trinajstić information content (AvgIpc) is 3.37. The number of benzene rings is 2. The van der Waals surface area contributed by atoms with Gasteiger partial charge in [0.1, 0.15) is 18.2 Å². The minimum Gasteiger partial charge on any atom is -0.465 e. The van der Waals surface area contributed by atoms with E-state index in [1.165, 1.54) is 13.2 Å². The topological polar surface area (TPSA) is 92.7 Å². The Bertz CT molecular complexity index is 1750. The SMILES string of the molecule is [C-]#[N+]c1ccc(COc2nccc(C34CCC(Cc5nc6ccc(C(=O)OC)cc6n5C[C@@H]5CCO5)(CC3)CC4)n2)c(F)c1. The number of methoxy groups -OCH3 is 1. The van der Waals surface area contributed by atoms with E-state index in [1.807, 2.05) is 18.2 Å². The first-order chi connectivity index (χ1) is 21.4. The molecule has 0 spiro atoms. The van der Waals surface area contributed by atoms with Crippen molar-refractivity contribution >= 4 is 22.7 Å². The fraction of sp³-hybridized carbons (Fsp3) is 0.441. The second-order valence-electron chi connectivity index (χ2n) is 12.5. The van der Waals surface area contributed by atoms with Gasteiger partial charge in [-0.15, -0.1) is 0 Å². The van der Waals surface area contributed by atoms with Crippen LogP contribution in [0.5, 0.6) is 6.01 Å². The van der Waals surface area contributed by atoms with Gasteiger partial charge in [-0.05, 0) is 80.7 Å². The fourth-order valence-electron chi connectivity index (χ4n) is 7.21. The summed E-state index contributed by atoms with van der Waals surface area (Å²) in [4.78, 5) is 29.7. The van der Waals surface area contributed by atoms with E-state index < -0.39 is 5.82 Å². The summed E-state index contributed by atoms with van der Waals surface area (Å²) in [6.45, 7) is 8.57. The molecule has 4 aliphatic rings. The molecule has 4 fully saturated rings. The summed E-state index contributed by atoms with van der Waals surface area (Å²) in [5.74, 6) is 0.236. The van der Waals surface area contributed by atoms with Crippen LogP contribution >= 0.6 is 0 Å². The summed E-state index contributed by atoms with van der Waals surface area (Å²) in [7, 11) is 1.40. The van der Waals surface area contributed by atoms with Gasteiger partial charge in [0.25, 0.3) is 0 Å². The number of hydrogen-bond donors (Lipinski definition) is 0. The van der Waals surface area contributed by atoms with Gasteiger partial charge >= 0.3 is 12.0 Å². The summed E-state index contributed by atoms with van der Waals surface area (Å²) in [5, 5.41) is 0. The van der Waals surface area contributed by atoms with Crippen LogP contribution in [-0.2, 0) is 34.5 Å². The van der Waals surface area contributed by atoms with Gasteiger partial charge in [0.2, 0.25) is 0 Å². The molecule has 2 aromatic heterocycles. The molecule has 44 heavy (non-hydrogen) atoms. The first-order valence-electron chi connectivity index (χ1n) is 15.2. The Labute approximate surface area is 255 Å².